The van der Waals surface area contributed by atoms with Crippen molar-refractivity contribution in [3.8, 4) is 0 Å². The summed E-state index contributed by atoms with van der Waals surface area (Å²) in [5.41, 5.74) is -1.27. The molecule has 0 rings (SSSR count). The summed E-state index contributed by atoms with van der Waals surface area (Å²) < 4.78 is 5.25. The van der Waals surface area contributed by atoms with Gasteiger partial charge < -0.3 is 9.84 Å². The van der Waals surface area contributed by atoms with Crippen LogP contribution in [0, 0.1) is 10.8 Å². The van der Waals surface area contributed by atoms with Gasteiger partial charge in [-0.15, -0.1) is 0 Å². The van der Waals surface area contributed by atoms with E-state index in [1.807, 2.05) is 48.5 Å². The Morgan fingerprint density at radius 2 is 1.20 bits per heavy atom. The maximum absolute atomic E-state index is 11.5. The monoisotopic (exact) mass is 288 g/mol. The lowest BCUT2D eigenvalue weighted by Crippen LogP contribution is -2.33. The first-order valence-electron chi connectivity index (χ1n) is 7.16. The van der Waals surface area contributed by atoms with Crippen molar-refractivity contribution in [2.75, 3.05) is 0 Å². The van der Waals surface area contributed by atoms with Gasteiger partial charge in [0.2, 0.25) is 0 Å². The van der Waals surface area contributed by atoms with E-state index in [2.05, 4.69) is 0 Å². The molecule has 0 spiro atoms. The number of carboxylic acid groups (broad SMARTS) is 1. The molecule has 4 heteroatoms. The predicted octanol–water partition coefficient (Wildman–Crippen LogP) is 4.27. The molecule has 0 bridgehead atoms. The molecule has 0 fully saturated rings. The van der Waals surface area contributed by atoms with Gasteiger partial charge in [-0.3, -0.25) is 9.59 Å². The smallest absolute Gasteiger partial charge is 0.312 e. The minimum atomic E-state index is -0.722. The predicted molar refractivity (Wildman–Crippen MR) is 81.6 cm³/mol. The molecule has 0 aromatic heterocycles. The minimum absolute atomic E-state index is 0.113. The summed E-state index contributed by atoms with van der Waals surface area (Å²) in [5, 5.41) is 8.44. The second-order valence-corrected chi connectivity index (χ2v) is 7.28. The molecule has 1 N–H and O–H groups in total. The molecule has 0 saturated carbocycles. The Balaban J connectivity index is 0. The van der Waals surface area contributed by atoms with Crippen molar-refractivity contribution in [1.82, 2.24) is 0 Å². The first-order valence-corrected chi connectivity index (χ1v) is 7.16. The second-order valence-electron chi connectivity index (χ2n) is 7.28. The standard InChI is InChI=1S/C10H20O2.C6H12O2/c1-7-10(5,6)8(11)12-9(2,3)4;1-4-6(2,3)5(7)8/h7H2,1-6H3;4H2,1-3H3,(H,7,8). The average Bonchev–Trinajstić information content (AvgIpc) is 2.27. The second kappa shape index (κ2) is 7.65. The van der Waals surface area contributed by atoms with Gasteiger partial charge in [0, 0.05) is 0 Å². The van der Waals surface area contributed by atoms with E-state index in [-0.39, 0.29) is 17.0 Å². The molecule has 0 saturated heterocycles. The van der Waals surface area contributed by atoms with E-state index in [0.29, 0.717) is 6.42 Å². The highest BCUT2D eigenvalue weighted by atomic mass is 16.6. The molecular formula is C16H32O4. The molecule has 0 amide bonds. The maximum Gasteiger partial charge on any atom is 0.312 e. The number of aliphatic carboxylic acids is 1. The van der Waals surface area contributed by atoms with Crippen molar-refractivity contribution in [3.05, 3.63) is 0 Å². The lowest BCUT2D eigenvalue weighted by molar-refractivity contribution is -0.165. The van der Waals surface area contributed by atoms with Gasteiger partial charge in [-0.1, -0.05) is 13.8 Å². The Hall–Kier alpha value is -1.06. The first kappa shape index (κ1) is 21.2. The van der Waals surface area contributed by atoms with Crippen molar-refractivity contribution in [1.29, 1.82) is 0 Å². The van der Waals surface area contributed by atoms with Gasteiger partial charge in [0.1, 0.15) is 5.60 Å². The molecule has 0 atom stereocenters. The van der Waals surface area contributed by atoms with E-state index in [9.17, 15) is 9.59 Å². The van der Waals surface area contributed by atoms with E-state index < -0.39 is 11.4 Å². The summed E-state index contributed by atoms with van der Waals surface area (Å²) in [5.74, 6) is -0.836. The van der Waals surface area contributed by atoms with Crippen LogP contribution in [0.3, 0.4) is 0 Å². The van der Waals surface area contributed by atoms with Crippen LogP contribution in [0.15, 0.2) is 0 Å². The molecule has 0 aliphatic carbocycles. The number of carboxylic acids is 1. The first-order chi connectivity index (χ1) is 8.69. The third kappa shape index (κ3) is 8.94. The molecule has 20 heavy (non-hydrogen) atoms. The van der Waals surface area contributed by atoms with Crippen LogP contribution < -0.4 is 0 Å². The lowest BCUT2D eigenvalue weighted by atomic mass is 9.90. The van der Waals surface area contributed by atoms with E-state index in [1.165, 1.54) is 0 Å². The zero-order chi connectivity index (χ0) is 16.8. The highest BCUT2D eigenvalue weighted by molar-refractivity contribution is 5.76. The summed E-state index contributed by atoms with van der Waals surface area (Å²) in [6, 6.07) is 0. The molecule has 0 aliphatic heterocycles. The molecule has 120 valence electrons. The summed E-state index contributed by atoms with van der Waals surface area (Å²) in [7, 11) is 0. The highest BCUT2D eigenvalue weighted by Crippen LogP contribution is 2.24. The van der Waals surface area contributed by atoms with Crippen LogP contribution in [0.1, 0.15) is 75.2 Å². The Morgan fingerprint density at radius 1 is 0.850 bits per heavy atom. The van der Waals surface area contributed by atoms with Crippen molar-refractivity contribution >= 4 is 11.9 Å². The van der Waals surface area contributed by atoms with Crippen LogP contribution in [0.4, 0.5) is 0 Å². The molecule has 0 unspecified atom stereocenters. The SMILES string of the molecule is CCC(C)(C)C(=O)O.CCC(C)(C)C(=O)OC(C)(C)C. The van der Waals surface area contributed by atoms with Gasteiger partial charge in [-0.2, -0.15) is 0 Å². The van der Waals surface area contributed by atoms with E-state index in [1.54, 1.807) is 13.8 Å². The Labute approximate surface area is 123 Å². The van der Waals surface area contributed by atoms with Gasteiger partial charge >= 0.3 is 11.9 Å². The van der Waals surface area contributed by atoms with Crippen LogP contribution in [-0.4, -0.2) is 22.6 Å². The zero-order valence-corrected chi connectivity index (χ0v) is 14.6. The van der Waals surface area contributed by atoms with Gasteiger partial charge in [0.05, 0.1) is 10.8 Å². The lowest BCUT2D eigenvalue weighted by Gasteiger charge is -2.27. The molecule has 0 aliphatic rings. The van der Waals surface area contributed by atoms with Crippen LogP contribution in [0.25, 0.3) is 0 Å². The van der Waals surface area contributed by atoms with Crippen LogP contribution in [-0.2, 0) is 14.3 Å². The average molecular weight is 288 g/mol. The number of hydrogen-bond donors (Lipinski definition) is 1. The van der Waals surface area contributed by atoms with Crippen molar-refractivity contribution in [3.63, 3.8) is 0 Å². The Bertz CT molecular complexity index is 322. The molecular weight excluding hydrogens is 256 g/mol. The van der Waals surface area contributed by atoms with Crippen LogP contribution in [0.2, 0.25) is 0 Å². The number of carbonyl (C=O) groups excluding carboxylic acids is 1. The fraction of sp³-hybridized carbons (Fsp3) is 0.875. The largest absolute Gasteiger partial charge is 0.481 e. The molecule has 4 nitrogen and oxygen atoms in total. The van der Waals surface area contributed by atoms with Gasteiger partial charge in [-0.25, -0.2) is 0 Å². The third-order valence-corrected chi connectivity index (χ3v) is 3.30. The number of esters is 1. The van der Waals surface area contributed by atoms with E-state index in [4.69, 9.17) is 9.84 Å². The molecule has 0 aromatic rings. The van der Waals surface area contributed by atoms with Gasteiger partial charge in [0.25, 0.3) is 0 Å². The Kier molecular flexibility index (Phi) is 8.13. The summed E-state index contributed by atoms with van der Waals surface area (Å²) in [6.07, 6.45) is 1.49. The van der Waals surface area contributed by atoms with Gasteiger partial charge in [-0.05, 0) is 61.3 Å². The Morgan fingerprint density at radius 3 is 1.35 bits per heavy atom. The zero-order valence-electron chi connectivity index (χ0n) is 14.6. The number of hydrogen-bond acceptors (Lipinski definition) is 3. The number of carbonyl (C=O) groups is 2. The third-order valence-electron chi connectivity index (χ3n) is 3.30. The minimum Gasteiger partial charge on any atom is -0.481 e. The molecule has 0 radical (unpaired) electrons. The van der Waals surface area contributed by atoms with Gasteiger partial charge in [0.15, 0.2) is 0 Å². The fourth-order valence-corrected chi connectivity index (χ4v) is 0.712. The summed E-state index contributed by atoms with van der Waals surface area (Å²) in [6.45, 7) is 16.8. The highest BCUT2D eigenvalue weighted by Gasteiger charge is 2.30. The maximum atomic E-state index is 11.5. The molecule has 0 heterocycles. The summed E-state index contributed by atoms with van der Waals surface area (Å²) in [4.78, 5) is 21.7. The quantitative estimate of drug-likeness (QED) is 0.785. The van der Waals surface area contributed by atoms with Crippen LogP contribution in [0.5, 0.6) is 0 Å². The topological polar surface area (TPSA) is 63.6 Å². The summed E-state index contributed by atoms with van der Waals surface area (Å²) >= 11 is 0. The van der Waals surface area contributed by atoms with E-state index in [0.717, 1.165) is 6.42 Å². The molecule has 0 aromatic carbocycles. The number of ether oxygens (including phenoxy) is 1. The fourth-order valence-electron chi connectivity index (χ4n) is 0.712. The van der Waals surface area contributed by atoms with Crippen LogP contribution >= 0.6 is 0 Å². The van der Waals surface area contributed by atoms with Crippen molar-refractivity contribution in [2.24, 2.45) is 10.8 Å². The van der Waals surface area contributed by atoms with E-state index >= 15 is 0 Å². The normalized spacial score (nSPS) is 12.2. The van der Waals surface area contributed by atoms with Crippen molar-refractivity contribution < 1.29 is 19.4 Å². The van der Waals surface area contributed by atoms with Crippen molar-refractivity contribution in [2.45, 2.75) is 80.8 Å². The number of rotatable bonds is 4.